The number of hydrogen-bond donors (Lipinski definition) is 1. The molecule has 0 radical (unpaired) electrons. The van der Waals surface area contributed by atoms with Crippen molar-refractivity contribution in [3.63, 3.8) is 0 Å². The molecule has 2 atom stereocenters. The molecule has 9 nitrogen and oxygen atoms in total. The Morgan fingerprint density at radius 2 is 2.14 bits per heavy atom. The van der Waals surface area contributed by atoms with Gasteiger partial charge in [0.1, 0.15) is 12.7 Å². The first-order chi connectivity index (χ1) is 10.2. The maximum atomic E-state index is 5.81. The van der Waals surface area contributed by atoms with Crippen LogP contribution in [0, 0.1) is 0 Å². The highest BCUT2D eigenvalue weighted by atomic mass is 16.5. The molecule has 2 aromatic heterocycles. The predicted molar refractivity (Wildman–Crippen MR) is 76.0 cm³/mol. The van der Waals surface area contributed by atoms with Crippen LogP contribution in [0.1, 0.15) is 20.3 Å². The fourth-order valence-corrected chi connectivity index (χ4v) is 2.34. The summed E-state index contributed by atoms with van der Waals surface area (Å²) in [6.07, 6.45) is 4.01. The lowest BCUT2D eigenvalue weighted by Crippen LogP contribution is -2.49. The summed E-state index contributed by atoms with van der Waals surface area (Å²) in [7, 11) is 0. The molecule has 9 heteroatoms. The molecular weight excluding hydrogens is 272 g/mol. The number of anilines is 2. The highest BCUT2D eigenvalue weighted by molar-refractivity contribution is 5.39. The fourth-order valence-electron chi connectivity index (χ4n) is 2.34. The number of hydrogen-bond acceptors (Lipinski definition) is 8. The van der Waals surface area contributed by atoms with Crippen LogP contribution in [0.5, 0.6) is 0 Å². The molecule has 112 valence electrons. The Morgan fingerprint density at radius 3 is 2.86 bits per heavy atom. The number of nitrogens with two attached hydrogens (primary N) is 1. The first-order valence-corrected chi connectivity index (χ1v) is 6.92. The Kier molecular flexibility index (Phi) is 3.65. The van der Waals surface area contributed by atoms with Crippen LogP contribution in [-0.4, -0.2) is 55.0 Å². The van der Waals surface area contributed by atoms with Gasteiger partial charge in [-0.1, -0.05) is 6.92 Å². The second kappa shape index (κ2) is 5.60. The molecule has 0 aromatic carbocycles. The van der Waals surface area contributed by atoms with Gasteiger partial charge in [0.25, 0.3) is 5.95 Å². The Balaban J connectivity index is 1.97. The number of rotatable bonds is 3. The number of aromatic nitrogens is 6. The molecule has 3 rings (SSSR count). The number of nitrogens with zero attached hydrogens (tertiary/aromatic N) is 7. The van der Waals surface area contributed by atoms with Crippen molar-refractivity contribution in [3.8, 4) is 5.95 Å². The third-order valence-corrected chi connectivity index (χ3v) is 3.45. The molecule has 1 aliphatic rings. The molecule has 1 saturated heterocycles. The van der Waals surface area contributed by atoms with Gasteiger partial charge in [-0.2, -0.15) is 24.7 Å². The molecule has 2 N–H and O–H groups in total. The Bertz CT molecular complexity index is 601. The minimum Gasteiger partial charge on any atom is -0.375 e. The largest absolute Gasteiger partial charge is 0.375 e. The summed E-state index contributed by atoms with van der Waals surface area (Å²) in [6.45, 7) is 5.52. The van der Waals surface area contributed by atoms with Gasteiger partial charge in [0.2, 0.25) is 11.9 Å². The smallest absolute Gasteiger partial charge is 0.258 e. The lowest BCUT2D eigenvalue weighted by molar-refractivity contribution is 0.0292. The van der Waals surface area contributed by atoms with Crippen LogP contribution in [0.2, 0.25) is 0 Å². The van der Waals surface area contributed by atoms with Gasteiger partial charge in [-0.3, -0.25) is 0 Å². The van der Waals surface area contributed by atoms with Crippen LogP contribution in [0.3, 0.4) is 0 Å². The van der Waals surface area contributed by atoms with Crippen molar-refractivity contribution >= 4 is 11.9 Å². The summed E-state index contributed by atoms with van der Waals surface area (Å²) in [5, 5.41) is 4.02. The standard InChI is InChI=1S/C12H18N8O/c1-3-9-5-21-8(2)4-19(9)11-16-10(13)17-12(18-11)20-7-14-6-15-20/h6-9H,3-5H2,1-2H3,(H2,13,16,17,18). The Hall–Kier alpha value is -2.29. The van der Waals surface area contributed by atoms with Crippen molar-refractivity contribution < 1.29 is 4.74 Å². The van der Waals surface area contributed by atoms with Gasteiger partial charge in [-0.25, -0.2) is 4.98 Å². The van der Waals surface area contributed by atoms with Crippen molar-refractivity contribution in [2.75, 3.05) is 23.8 Å². The molecule has 2 unspecified atom stereocenters. The van der Waals surface area contributed by atoms with Gasteiger partial charge in [-0.15, -0.1) is 0 Å². The summed E-state index contributed by atoms with van der Waals surface area (Å²) < 4.78 is 7.16. The Morgan fingerprint density at radius 1 is 1.33 bits per heavy atom. The molecule has 2 aromatic rings. The lowest BCUT2D eigenvalue weighted by atomic mass is 10.1. The second-order valence-corrected chi connectivity index (χ2v) is 4.99. The summed E-state index contributed by atoms with van der Waals surface area (Å²) in [5.74, 6) is 1.08. The van der Waals surface area contributed by atoms with Crippen molar-refractivity contribution in [1.29, 1.82) is 0 Å². The summed E-state index contributed by atoms with van der Waals surface area (Å²) in [5.41, 5.74) is 5.81. The van der Waals surface area contributed by atoms with E-state index in [1.54, 1.807) is 0 Å². The quantitative estimate of drug-likeness (QED) is 0.844. The lowest BCUT2D eigenvalue weighted by Gasteiger charge is -2.38. The third kappa shape index (κ3) is 2.77. The van der Waals surface area contributed by atoms with Gasteiger partial charge in [0, 0.05) is 6.54 Å². The number of nitrogen functional groups attached to an aromatic ring is 1. The zero-order valence-electron chi connectivity index (χ0n) is 12.0. The van der Waals surface area contributed by atoms with Gasteiger partial charge >= 0.3 is 0 Å². The molecule has 0 spiro atoms. The van der Waals surface area contributed by atoms with Gasteiger partial charge < -0.3 is 15.4 Å². The molecular formula is C12H18N8O. The zero-order valence-corrected chi connectivity index (χ0v) is 12.0. The van der Waals surface area contributed by atoms with Gasteiger partial charge in [0.05, 0.1) is 18.8 Å². The van der Waals surface area contributed by atoms with E-state index in [0.29, 0.717) is 18.5 Å². The minimum atomic E-state index is 0.126. The Labute approximate surface area is 122 Å². The van der Waals surface area contributed by atoms with E-state index in [1.165, 1.54) is 17.3 Å². The fraction of sp³-hybridized carbons (Fsp3) is 0.583. The van der Waals surface area contributed by atoms with Crippen LogP contribution >= 0.6 is 0 Å². The summed E-state index contributed by atoms with van der Waals surface area (Å²) in [4.78, 5) is 18.8. The average Bonchev–Trinajstić information content (AvgIpc) is 3.01. The van der Waals surface area contributed by atoms with Gasteiger partial charge in [-0.05, 0) is 13.3 Å². The van der Waals surface area contributed by atoms with Crippen LogP contribution in [0.4, 0.5) is 11.9 Å². The molecule has 1 fully saturated rings. The second-order valence-electron chi connectivity index (χ2n) is 4.99. The van der Waals surface area contributed by atoms with E-state index in [-0.39, 0.29) is 18.1 Å². The maximum Gasteiger partial charge on any atom is 0.258 e. The van der Waals surface area contributed by atoms with E-state index in [2.05, 4.69) is 36.9 Å². The molecule has 1 aliphatic heterocycles. The SMILES string of the molecule is CCC1COC(C)CN1c1nc(N)nc(-n2cncn2)n1. The topological polar surface area (TPSA) is 108 Å². The van der Waals surface area contributed by atoms with E-state index in [9.17, 15) is 0 Å². The first kappa shape index (κ1) is 13.7. The summed E-state index contributed by atoms with van der Waals surface area (Å²) in [6, 6.07) is 0.228. The number of morpholine rings is 1. The predicted octanol–water partition coefficient (Wildman–Crippen LogP) is 0.0382. The molecule has 0 aliphatic carbocycles. The van der Waals surface area contributed by atoms with Crippen molar-refractivity contribution in [2.24, 2.45) is 0 Å². The zero-order chi connectivity index (χ0) is 14.8. The van der Waals surface area contributed by atoms with Crippen LogP contribution in [0.15, 0.2) is 12.7 Å². The van der Waals surface area contributed by atoms with Gasteiger partial charge in [0.15, 0.2) is 0 Å². The van der Waals surface area contributed by atoms with E-state index >= 15 is 0 Å². The van der Waals surface area contributed by atoms with E-state index in [1.807, 2.05) is 6.92 Å². The van der Waals surface area contributed by atoms with E-state index in [4.69, 9.17) is 10.5 Å². The average molecular weight is 290 g/mol. The monoisotopic (exact) mass is 290 g/mol. The van der Waals surface area contributed by atoms with Crippen molar-refractivity contribution in [3.05, 3.63) is 12.7 Å². The van der Waals surface area contributed by atoms with Crippen molar-refractivity contribution in [1.82, 2.24) is 29.7 Å². The highest BCUT2D eigenvalue weighted by Crippen LogP contribution is 2.21. The maximum absolute atomic E-state index is 5.81. The van der Waals surface area contributed by atoms with Crippen LogP contribution < -0.4 is 10.6 Å². The van der Waals surface area contributed by atoms with Crippen molar-refractivity contribution in [2.45, 2.75) is 32.4 Å². The number of ether oxygens (including phenoxy) is 1. The molecule has 0 amide bonds. The molecule has 0 saturated carbocycles. The third-order valence-electron chi connectivity index (χ3n) is 3.45. The molecule has 3 heterocycles. The summed E-state index contributed by atoms with van der Waals surface area (Å²) >= 11 is 0. The normalized spacial score (nSPS) is 22.5. The highest BCUT2D eigenvalue weighted by Gasteiger charge is 2.28. The minimum absolute atomic E-state index is 0.126. The van der Waals surface area contributed by atoms with Crippen LogP contribution in [0.25, 0.3) is 5.95 Å². The first-order valence-electron chi connectivity index (χ1n) is 6.92. The van der Waals surface area contributed by atoms with Crippen LogP contribution in [-0.2, 0) is 4.74 Å². The molecule has 0 bridgehead atoms. The van der Waals surface area contributed by atoms with E-state index < -0.39 is 0 Å². The molecule has 21 heavy (non-hydrogen) atoms. The van der Waals surface area contributed by atoms with E-state index in [0.717, 1.165) is 13.0 Å².